The van der Waals surface area contributed by atoms with E-state index in [1.807, 2.05) is 0 Å². The minimum Gasteiger partial charge on any atom is -0.457 e. The lowest BCUT2D eigenvalue weighted by Gasteiger charge is -2.05. The molecule has 2 aromatic heterocycles. The van der Waals surface area contributed by atoms with E-state index in [1.54, 1.807) is 0 Å². The second kappa shape index (κ2) is 6.26. The van der Waals surface area contributed by atoms with Gasteiger partial charge in [0.1, 0.15) is 23.8 Å². The van der Waals surface area contributed by atoms with E-state index in [4.69, 9.17) is 4.74 Å². The van der Waals surface area contributed by atoms with Crippen molar-refractivity contribution in [3.8, 4) is 11.7 Å². The number of ether oxygens (including phenoxy) is 1. The average molecular weight is 335 g/mol. The molecule has 0 N–H and O–H groups in total. The third-order valence-electron chi connectivity index (χ3n) is 3.33. The molecule has 24 heavy (non-hydrogen) atoms. The van der Waals surface area contributed by atoms with Crippen LogP contribution < -0.4 is 4.74 Å². The van der Waals surface area contributed by atoms with Crippen LogP contribution >= 0.6 is 0 Å². The zero-order valence-electron chi connectivity index (χ0n) is 12.8. The Kier molecular flexibility index (Phi) is 4.15. The highest BCUT2D eigenvalue weighted by molar-refractivity contribution is 5.37. The summed E-state index contributed by atoms with van der Waals surface area (Å²) in [6.07, 6.45) is 2.44. The number of rotatable bonds is 4. The Balaban J connectivity index is 1.76. The number of hydrogen-bond acceptors (Lipinski definition) is 5. The topological polar surface area (TPSA) is 65.7 Å². The maximum Gasteiger partial charge on any atom is 0.317 e. The molecule has 0 spiro atoms. The molecule has 0 unspecified atom stereocenters. The van der Waals surface area contributed by atoms with Gasteiger partial charge in [0, 0.05) is 5.56 Å². The minimum atomic E-state index is -0.718. The van der Waals surface area contributed by atoms with Gasteiger partial charge in [0.05, 0.1) is 18.1 Å². The second-order valence-corrected chi connectivity index (χ2v) is 5.03. The maximum atomic E-state index is 14.1. The molecule has 1 aromatic carbocycles. The van der Waals surface area contributed by atoms with E-state index >= 15 is 0 Å². The van der Waals surface area contributed by atoms with Crippen LogP contribution in [-0.4, -0.2) is 25.0 Å². The van der Waals surface area contributed by atoms with Gasteiger partial charge in [-0.15, -0.1) is 5.10 Å². The van der Waals surface area contributed by atoms with Crippen molar-refractivity contribution < 1.29 is 17.9 Å². The molecule has 0 saturated heterocycles. The summed E-state index contributed by atoms with van der Waals surface area (Å²) in [4.78, 5) is 7.51. The van der Waals surface area contributed by atoms with Crippen molar-refractivity contribution in [3.05, 3.63) is 58.9 Å². The van der Waals surface area contributed by atoms with Crippen molar-refractivity contribution in [2.45, 2.75) is 20.5 Å². The molecule has 3 rings (SSSR count). The van der Waals surface area contributed by atoms with Gasteiger partial charge < -0.3 is 4.74 Å². The molecule has 0 aliphatic rings. The lowest BCUT2D eigenvalue weighted by molar-refractivity contribution is 0.274. The molecule has 124 valence electrons. The normalized spacial score (nSPS) is 10.9. The van der Waals surface area contributed by atoms with Gasteiger partial charge in [0.2, 0.25) is 0 Å². The Morgan fingerprint density at radius 1 is 1.12 bits per heavy atom. The fourth-order valence-electron chi connectivity index (χ4n) is 1.95. The highest BCUT2D eigenvalue weighted by Gasteiger charge is 2.13. The highest BCUT2D eigenvalue weighted by atomic mass is 19.1. The number of hydrogen-bond donors (Lipinski definition) is 0. The van der Waals surface area contributed by atoms with E-state index in [-0.39, 0.29) is 29.6 Å². The zero-order chi connectivity index (χ0) is 17.3. The van der Waals surface area contributed by atoms with E-state index in [0.717, 1.165) is 12.3 Å². The molecule has 0 bridgehead atoms. The summed E-state index contributed by atoms with van der Waals surface area (Å²) in [6, 6.07) is 2.41. The van der Waals surface area contributed by atoms with Crippen molar-refractivity contribution in [2.24, 2.45) is 0 Å². The first-order valence-electron chi connectivity index (χ1n) is 6.94. The van der Waals surface area contributed by atoms with E-state index < -0.39 is 17.5 Å². The molecule has 2 heterocycles. The maximum absolute atomic E-state index is 14.1. The van der Waals surface area contributed by atoms with Crippen LogP contribution in [0.5, 0.6) is 6.01 Å². The van der Waals surface area contributed by atoms with E-state index in [9.17, 15) is 13.2 Å². The summed E-state index contributed by atoms with van der Waals surface area (Å²) in [5.74, 6) is -1.89. The largest absolute Gasteiger partial charge is 0.457 e. The Labute approximate surface area is 134 Å². The molecule has 0 aliphatic carbocycles. The summed E-state index contributed by atoms with van der Waals surface area (Å²) in [5.41, 5.74) is 0.506. The molecule has 9 heteroatoms. The van der Waals surface area contributed by atoms with Gasteiger partial charge in [-0.3, -0.25) is 0 Å². The lowest BCUT2D eigenvalue weighted by Crippen LogP contribution is -2.02. The summed E-state index contributed by atoms with van der Waals surface area (Å²) in [7, 11) is 0. The van der Waals surface area contributed by atoms with Crippen LogP contribution in [0.25, 0.3) is 5.69 Å². The quantitative estimate of drug-likeness (QED) is 0.733. The van der Waals surface area contributed by atoms with Crippen LogP contribution in [0, 0.1) is 31.3 Å². The second-order valence-electron chi connectivity index (χ2n) is 5.03. The van der Waals surface area contributed by atoms with Crippen molar-refractivity contribution in [1.82, 2.24) is 25.0 Å². The zero-order valence-corrected chi connectivity index (χ0v) is 12.8. The molecular weight excluding hydrogens is 323 g/mol. The highest BCUT2D eigenvalue weighted by Crippen LogP contribution is 2.19. The number of aryl methyl sites for hydroxylation is 1. The van der Waals surface area contributed by atoms with Crippen LogP contribution in [0.2, 0.25) is 0 Å². The van der Waals surface area contributed by atoms with Crippen LogP contribution in [-0.2, 0) is 6.61 Å². The molecule has 0 atom stereocenters. The van der Waals surface area contributed by atoms with Crippen LogP contribution in [0.4, 0.5) is 13.2 Å². The smallest absolute Gasteiger partial charge is 0.317 e. The minimum absolute atomic E-state index is 0.00717. The Hall–Kier alpha value is -2.97. The van der Waals surface area contributed by atoms with Crippen molar-refractivity contribution in [1.29, 1.82) is 0 Å². The van der Waals surface area contributed by atoms with Gasteiger partial charge in [0.25, 0.3) is 0 Å². The van der Waals surface area contributed by atoms with E-state index in [2.05, 4.69) is 20.3 Å². The lowest BCUT2D eigenvalue weighted by atomic mass is 10.2. The van der Waals surface area contributed by atoms with Crippen molar-refractivity contribution in [3.63, 3.8) is 0 Å². The Bertz CT molecular complexity index is 897. The van der Waals surface area contributed by atoms with E-state index in [1.165, 1.54) is 30.8 Å². The molecule has 6 nitrogen and oxygen atoms in total. The van der Waals surface area contributed by atoms with Crippen molar-refractivity contribution >= 4 is 0 Å². The first-order valence-corrected chi connectivity index (χ1v) is 6.94. The molecule has 0 saturated carbocycles. The summed E-state index contributed by atoms with van der Waals surface area (Å²) in [5, 5.41) is 7.62. The number of benzene rings is 1. The first kappa shape index (κ1) is 15.9. The van der Waals surface area contributed by atoms with Crippen LogP contribution in [0.1, 0.15) is 17.0 Å². The predicted molar refractivity (Wildman–Crippen MR) is 77.1 cm³/mol. The first-order chi connectivity index (χ1) is 11.5. The van der Waals surface area contributed by atoms with Gasteiger partial charge in [-0.2, -0.15) is 4.98 Å². The monoisotopic (exact) mass is 335 g/mol. The van der Waals surface area contributed by atoms with Gasteiger partial charge in [0.15, 0.2) is 11.6 Å². The summed E-state index contributed by atoms with van der Waals surface area (Å²) >= 11 is 0. The number of nitrogens with zero attached hydrogens (tertiary/aromatic N) is 5. The fraction of sp³-hybridized carbons (Fsp3) is 0.200. The molecule has 0 amide bonds. The van der Waals surface area contributed by atoms with Gasteiger partial charge in [-0.1, -0.05) is 5.21 Å². The summed E-state index contributed by atoms with van der Waals surface area (Å²) in [6.45, 7) is 2.79. The molecular formula is C15H12F3N5O. The standard InChI is InChI=1S/C15H12F3N5O/c1-8-11(16)3-4-13(14(8)18)23-6-10(21-22-23)7-24-15-19-5-12(17)9(2)20-15/h3-6H,7H2,1-2H3. The number of halogens is 3. The van der Waals surface area contributed by atoms with Gasteiger partial charge >= 0.3 is 6.01 Å². The summed E-state index contributed by atoms with van der Waals surface area (Å²) < 4.78 is 46.9. The van der Waals surface area contributed by atoms with Gasteiger partial charge in [-0.25, -0.2) is 22.8 Å². The molecule has 3 aromatic rings. The molecule has 0 aliphatic heterocycles. The Morgan fingerprint density at radius 3 is 2.67 bits per heavy atom. The third-order valence-corrected chi connectivity index (χ3v) is 3.33. The number of aromatic nitrogens is 5. The third kappa shape index (κ3) is 3.05. The predicted octanol–water partition coefficient (Wildman–Crippen LogP) is 2.67. The average Bonchev–Trinajstić information content (AvgIpc) is 3.02. The molecule has 0 fully saturated rings. The van der Waals surface area contributed by atoms with Crippen molar-refractivity contribution in [2.75, 3.05) is 0 Å². The van der Waals surface area contributed by atoms with Crippen LogP contribution in [0.15, 0.2) is 24.5 Å². The Morgan fingerprint density at radius 2 is 1.92 bits per heavy atom. The van der Waals surface area contributed by atoms with Gasteiger partial charge in [-0.05, 0) is 26.0 Å². The fourth-order valence-corrected chi connectivity index (χ4v) is 1.95. The van der Waals surface area contributed by atoms with Crippen LogP contribution in [0.3, 0.4) is 0 Å². The molecule has 0 radical (unpaired) electrons. The van der Waals surface area contributed by atoms with E-state index in [0.29, 0.717) is 5.69 Å². The SMILES string of the molecule is Cc1nc(OCc2cn(-c3ccc(F)c(C)c3F)nn2)ncc1F.